The van der Waals surface area contributed by atoms with Crippen LogP contribution in [0.25, 0.3) is 22.3 Å². The highest BCUT2D eigenvalue weighted by molar-refractivity contribution is 14.0. The number of furan rings is 1. The van der Waals surface area contributed by atoms with Crippen molar-refractivity contribution in [2.24, 2.45) is 0 Å². The molecule has 0 spiro atoms. The SMILES string of the molecule is CNC(=O)c1c(-c2ccc(F)cc2)oc2cc(N(CCCCCOCc3ccc(C(=O)O)cc3)SC)c(C3CC3)cc12.I. The molecule has 0 radical (unpaired) electrons. The fourth-order valence-electron chi connectivity index (χ4n) is 5.12. The lowest BCUT2D eigenvalue weighted by molar-refractivity contribution is 0.0696. The average Bonchev–Trinajstić information content (AvgIpc) is 3.78. The zero-order valence-corrected chi connectivity index (χ0v) is 27.4. The summed E-state index contributed by atoms with van der Waals surface area (Å²) >= 11 is 1.68. The fourth-order valence-corrected chi connectivity index (χ4v) is 5.79. The molecule has 1 fully saturated rings. The lowest BCUT2D eigenvalue weighted by Crippen LogP contribution is -2.18. The summed E-state index contributed by atoms with van der Waals surface area (Å²) in [6, 6.07) is 16.9. The monoisotopic (exact) mass is 718 g/mol. The van der Waals surface area contributed by atoms with Gasteiger partial charge in [0, 0.05) is 43.5 Å². The molecule has 1 heterocycles. The standard InChI is InChI=1S/C33H35FN2O5S.HI/c1-35-32(37)30-27-18-26(22-10-11-22)28(19-29(27)41-31(30)23-12-14-25(34)15-13-23)36(42-2)16-4-3-5-17-40-20-21-6-8-24(9-7-21)33(38)39;/h6-9,12-15,18-19,22H,3-5,10-11,16-17,20H2,1-2H3,(H,35,37)(H,38,39);1H. The van der Waals surface area contributed by atoms with Crippen LogP contribution in [0.15, 0.2) is 65.1 Å². The number of ether oxygens (including phenoxy) is 1. The Labute approximate surface area is 272 Å². The minimum absolute atomic E-state index is 0. The van der Waals surface area contributed by atoms with Gasteiger partial charge < -0.3 is 23.9 Å². The number of benzene rings is 3. The van der Waals surface area contributed by atoms with Gasteiger partial charge in [0.2, 0.25) is 0 Å². The van der Waals surface area contributed by atoms with E-state index >= 15 is 0 Å². The van der Waals surface area contributed by atoms with Crippen molar-refractivity contribution in [1.29, 1.82) is 0 Å². The fraction of sp³-hybridized carbons (Fsp3) is 0.333. The predicted octanol–water partition coefficient (Wildman–Crippen LogP) is 8.26. The number of halogens is 2. The zero-order valence-electron chi connectivity index (χ0n) is 24.2. The van der Waals surface area contributed by atoms with Crippen molar-refractivity contribution in [1.82, 2.24) is 5.32 Å². The summed E-state index contributed by atoms with van der Waals surface area (Å²) in [7, 11) is 1.60. The zero-order chi connectivity index (χ0) is 29.6. The first-order chi connectivity index (χ1) is 20.4. The van der Waals surface area contributed by atoms with Crippen molar-refractivity contribution < 1.29 is 28.2 Å². The molecule has 1 aliphatic carbocycles. The molecule has 1 aliphatic rings. The van der Waals surface area contributed by atoms with E-state index in [1.165, 1.54) is 17.7 Å². The van der Waals surface area contributed by atoms with Crippen molar-refractivity contribution in [3.63, 3.8) is 0 Å². The largest absolute Gasteiger partial charge is 0.478 e. The van der Waals surface area contributed by atoms with Crippen molar-refractivity contribution in [2.75, 3.05) is 30.8 Å². The molecule has 0 saturated heterocycles. The normalized spacial score (nSPS) is 12.6. The summed E-state index contributed by atoms with van der Waals surface area (Å²) in [6.45, 7) is 1.96. The molecule has 7 nitrogen and oxygen atoms in total. The van der Waals surface area contributed by atoms with Crippen LogP contribution in [-0.2, 0) is 11.3 Å². The topological polar surface area (TPSA) is 92.0 Å². The van der Waals surface area contributed by atoms with E-state index in [2.05, 4.69) is 28.0 Å². The lowest BCUT2D eigenvalue weighted by Gasteiger charge is -2.24. The van der Waals surface area contributed by atoms with Crippen LogP contribution in [0.2, 0.25) is 0 Å². The summed E-state index contributed by atoms with van der Waals surface area (Å²) in [5, 5.41) is 12.5. The van der Waals surface area contributed by atoms with Crippen molar-refractivity contribution >= 4 is 64.5 Å². The van der Waals surface area contributed by atoms with Crippen molar-refractivity contribution in [3.8, 4) is 11.3 Å². The number of unbranched alkanes of at least 4 members (excludes halogenated alkanes) is 2. The molecule has 10 heteroatoms. The van der Waals surface area contributed by atoms with Gasteiger partial charge in [0.15, 0.2) is 0 Å². The molecule has 0 aliphatic heterocycles. The van der Waals surface area contributed by atoms with Gasteiger partial charge in [0.1, 0.15) is 17.2 Å². The van der Waals surface area contributed by atoms with Crippen LogP contribution in [0.1, 0.15) is 69.9 Å². The van der Waals surface area contributed by atoms with E-state index in [1.807, 2.05) is 0 Å². The Bertz CT molecular complexity index is 1550. The molecular formula is C33H36FIN2O5S. The number of carboxylic acids is 1. The third kappa shape index (κ3) is 7.90. The van der Waals surface area contributed by atoms with Crippen LogP contribution >= 0.6 is 35.9 Å². The van der Waals surface area contributed by atoms with Gasteiger partial charge in [-0.15, -0.1) is 24.0 Å². The summed E-state index contributed by atoms with van der Waals surface area (Å²) in [5.74, 6) is -0.609. The molecule has 228 valence electrons. The predicted molar refractivity (Wildman–Crippen MR) is 180 cm³/mol. The van der Waals surface area contributed by atoms with E-state index in [9.17, 15) is 14.0 Å². The van der Waals surface area contributed by atoms with Crippen molar-refractivity contribution in [2.45, 2.75) is 44.6 Å². The van der Waals surface area contributed by atoms with E-state index < -0.39 is 5.97 Å². The number of carbonyl (C=O) groups excluding carboxylic acids is 1. The Hall–Kier alpha value is -3.09. The van der Waals surface area contributed by atoms with Gasteiger partial charge in [-0.05, 0) is 91.6 Å². The second-order valence-corrected chi connectivity index (χ2v) is 11.3. The van der Waals surface area contributed by atoms with Gasteiger partial charge in [-0.1, -0.05) is 24.1 Å². The van der Waals surface area contributed by atoms with Gasteiger partial charge in [-0.2, -0.15) is 0 Å². The molecule has 1 saturated carbocycles. The number of amides is 1. The van der Waals surface area contributed by atoms with Crippen LogP contribution < -0.4 is 9.62 Å². The number of anilines is 1. The second-order valence-electron chi connectivity index (χ2n) is 10.5. The Balaban J connectivity index is 0.00000423. The highest BCUT2D eigenvalue weighted by Crippen LogP contribution is 2.48. The van der Waals surface area contributed by atoms with E-state index in [-0.39, 0.29) is 41.3 Å². The van der Waals surface area contributed by atoms with Crippen molar-refractivity contribution in [3.05, 3.63) is 88.7 Å². The first-order valence-corrected chi connectivity index (χ1v) is 15.4. The highest BCUT2D eigenvalue weighted by Gasteiger charge is 2.31. The average molecular weight is 719 g/mol. The summed E-state index contributed by atoms with van der Waals surface area (Å²) < 4.78 is 28.0. The van der Waals surface area contributed by atoms with Crippen LogP contribution in [0.4, 0.5) is 10.1 Å². The number of aromatic carboxylic acids is 1. The number of hydrogen-bond acceptors (Lipinski definition) is 6. The van der Waals surface area contributed by atoms with Crippen LogP contribution in [0.3, 0.4) is 0 Å². The minimum Gasteiger partial charge on any atom is -0.478 e. The number of nitrogens with one attached hydrogen (secondary N) is 1. The van der Waals surface area contributed by atoms with E-state index in [0.29, 0.717) is 41.6 Å². The molecule has 1 aromatic heterocycles. The number of fused-ring (bicyclic) bond motifs is 1. The Kier molecular flexibility index (Phi) is 11.5. The lowest BCUT2D eigenvalue weighted by atomic mass is 10.0. The molecular weight excluding hydrogens is 682 g/mol. The Morgan fingerprint density at radius 2 is 1.79 bits per heavy atom. The first-order valence-electron chi connectivity index (χ1n) is 14.2. The molecule has 2 N–H and O–H groups in total. The maximum atomic E-state index is 13.6. The molecule has 3 aromatic carbocycles. The van der Waals surface area contributed by atoms with E-state index in [1.54, 1.807) is 55.4 Å². The Morgan fingerprint density at radius 3 is 2.42 bits per heavy atom. The highest BCUT2D eigenvalue weighted by atomic mass is 127. The van der Waals surface area contributed by atoms with Gasteiger partial charge >= 0.3 is 5.97 Å². The molecule has 43 heavy (non-hydrogen) atoms. The third-order valence-corrected chi connectivity index (χ3v) is 8.34. The van der Waals surface area contributed by atoms with Crippen LogP contribution in [-0.4, -0.2) is 43.4 Å². The van der Waals surface area contributed by atoms with Crippen LogP contribution in [0, 0.1) is 5.82 Å². The van der Waals surface area contributed by atoms with Gasteiger partial charge in [-0.25, -0.2) is 9.18 Å². The van der Waals surface area contributed by atoms with E-state index in [4.69, 9.17) is 14.3 Å². The number of hydrogen-bond donors (Lipinski definition) is 2. The summed E-state index contributed by atoms with van der Waals surface area (Å²) in [4.78, 5) is 24.0. The molecule has 4 aromatic rings. The molecule has 5 rings (SSSR count). The van der Waals surface area contributed by atoms with Crippen LogP contribution in [0.5, 0.6) is 0 Å². The second kappa shape index (κ2) is 15.1. The third-order valence-electron chi connectivity index (χ3n) is 7.52. The van der Waals surface area contributed by atoms with E-state index in [0.717, 1.165) is 55.3 Å². The van der Waals surface area contributed by atoms with Gasteiger partial charge in [0.25, 0.3) is 5.91 Å². The summed E-state index contributed by atoms with van der Waals surface area (Å²) in [5.41, 5.74) is 5.33. The smallest absolute Gasteiger partial charge is 0.335 e. The molecule has 1 amide bonds. The number of carbonyl (C=O) groups is 2. The summed E-state index contributed by atoms with van der Waals surface area (Å²) in [6.07, 6.45) is 7.24. The maximum absolute atomic E-state index is 13.6. The van der Waals surface area contributed by atoms with Gasteiger partial charge in [0.05, 0.1) is 23.4 Å². The molecule has 0 unspecified atom stereocenters. The number of carboxylic acid groups (broad SMARTS) is 1. The first kappa shape index (κ1) is 32.8. The van der Waals surface area contributed by atoms with Gasteiger partial charge in [-0.3, -0.25) is 4.79 Å². The molecule has 0 bridgehead atoms. The number of rotatable bonds is 14. The molecule has 0 atom stereocenters. The quantitative estimate of drug-likeness (QED) is 0.0771. The minimum atomic E-state index is -0.932. The Morgan fingerprint density at radius 1 is 1.07 bits per heavy atom. The number of nitrogens with zero attached hydrogens (tertiary/aromatic N) is 1. The maximum Gasteiger partial charge on any atom is 0.335 e.